The molecule has 3 unspecified atom stereocenters. The fraction of sp³-hybridized carbons (Fsp3) is 0.600. The van der Waals surface area contributed by atoms with Gasteiger partial charge in [-0.3, -0.25) is 4.79 Å². The fourth-order valence-electron chi connectivity index (χ4n) is 5.06. The fourth-order valence-corrected chi connectivity index (χ4v) is 5.06. The minimum Gasteiger partial charge on any atom is -0.464 e. The molecular weight excluding hydrogens is 302 g/mol. The zero-order chi connectivity index (χ0) is 16.7. The van der Waals surface area contributed by atoms with Gasteiger partial charge in [0, 0.05) is 18.8 Å². The van der Waals surface area contributed by atoms with Gasteiger partial charge in [-0.15, -0.1) is 0 Å². The Morgan fingerprint density at radius 3 is 2.42 bits per heavy atom. The van der Waals surface area contributed by atoms with E-state index in [9.17, 15) is 9.59 Å². The lowest BCUT2D eigenvalue weighted by Gasteiger charge is -2.31. The Bertz CT molecular complexity index is 644. The van der Waals surface area contributed by atoms with Gasteiger partial charge in [0.1, 0.15) is 5.54 Å². The highest BCUT2D eigenvalue weighted by Gasteiger charge is 2.50. The summed E-state index contributed by atoms with van der Waals surface area (Å²) in [5.74, 6) is 1.07. The Morgan fingerprint density at radius 1 is 1.17 bits per heavy atom. The maximum Gasteiger partial charge on any atom is 0.332 e. The smallest absolute Gasteiger partial charge is 0.332 e. The Balaban J connectivity index is 1.56. The molecule has 3 atom stereocenters. The average Bonchev–Trinajstić information content (AvgIpc) is 3.28. The molecule has 3 aliphatic rings. The van der Waals surface area contributed by atoms with Gasteiger partial charge in [-0.25, -0.2) is 4.79 Å². The second-order valence-electron chi connectivity index (χ2n) is 7.70. The molecule has 2 bridgehead atoms. The second kappa shape index (κ2) is 5.91. The van der Waals surface area contributed by atoms with Crippen LogP contribution < -0.4 is 5.32 Å². The summed E-state index contributed by atoms with van der Waals surface area (Å²) >= 11 is 0. The Kier molecular flexibility index (Phi) is 3.86. The lowest BCUT2D eigenvalue weighted by Crippen LogP contribution is -2.58. The van der Waals surface area contributed by atoms with E-state index in [4.69, 9.17) is 4.74 Å². The number of ether oxygens (including phenoxy) is 1. The molecule has 0 aliphatic heterocycles. The van der Waals surface area contributed by atoms with Crippen LogP contribution in [0, 0.1) is 17.8 Å². The first-order chi connectivity index (χ1) is 11.6. The van der Waals surface area contributed by atoms with Crippen molar-refractivity contribution in [2.75, 3.05) is 6.61 Å². The number of rotatable bonds is 4. The van der Waals surface area contributed by atoms with Gasteiger partial charge in [-0.2, -0.15) is 0 Å². The van der Waals surface area contributed by atoms with Crippen molar-refractivity contribution in [3.63, 3.8) is 0 Å². The van der Waals surface area contributed by atoms with Gasteiger partial charge in [0.25, 0.3) is 0 Å². The minimum absolute atomic E-state index is 0.0584. The molecule has 1 amide bonds. The highest BCUT2D eigenvalue weighted by molar-refractivity contribution is 5.91. The summed E-state index contributed by atoms with van der Waals surface area (Å²) in [4.78, 5) is 25.6. The Labute approximate surface area is 143 Å². The number of benzene rings is 1. The average molecular weight is 327 g/mol. The van der Waals surface area contributed by atoms with Gasteiger partial charge in [0.05, 0.1) is 6.61 Å². The second-order valence-corrected chi connectivity index (χ2v) is 7.70. The monoisotopic (exact) mass is 327 g/mol. The zero-order valence-corrected chi connectivity index (χ0v) is 14.2. The molecule has 24 heavy (non-hydrogen) atoms. The van der Waals surface area contributed by atoms with Crippen molar-refractivity contribution < 1.29 is 14.3 Å². The van der Waals surface area contributed by atoms with Gasteiger partial charge in [-0.1, -0.05) is 30.7 Å². The van der Waals surface area contributed by atoms with Crippen LogP contribution in [0.4, 0.5) is 0 Å². The number of carbonyl (C=O) groups is 2. The molecule has 4 rings (SSSR count). The molecule has 0 spiro atoms. The van der Waals surface area contributed by atoms with Crippen LogP contribution >= 0.6 is 0 Å². The minimum atomic E-state index is -0.918. The number of esters is 1. The normalized spacial score (nSPS) is 29.3. The number of hydrogen-bond acceptors (Lipinski definition) is 3. The molecule has 128 valence electrons. The number of nitrogens with one attached hydrogen (secondary N) is 1. The van der Waals surface area contributed by atoms with Crippen LogP contribution in [0.3, 0.4) is 0 Å². The summed E-state index contributed by atoms with van der Waals surface area (Å²) < 4.78 is 5.33. The summed E-state index contributed by atoms with van der Waals surface area (Å²) in [5.41, 5.74) is 1.36. The van der Waals surface area contributed by atoms with Crippen molar-refractivity contribution in [1.82, 2.24) is 5.32 Å². The predicted molar refractivity (Wildman–Crippen MR) is 90.3 cm³/mol. The standard InChI is InChI=1S/C20H25NO3/c1-2-24-19(23)20(11-15-5-3-4-6-16(15)12-20)21-18(22)17-10-13-7-8-14(17)9-13/h3-6,13-14,17H,2,7-12H2,1H3,(H,21,22). The van der Waals surface area contributed by atoms with Crippen LogP contribution in [-0.2, 0) is 27.2 Å². The molecule has 1 N–H and O–H groups in total. The topological polar surface area (TPSA) is 55.4 Å². The van der Waals surface area contributed by atoms with E-state index in [0.29, 0.717) is 31.3 Å². The van der Waals surface area contributed by atoms with E-state index in [1.165, 1.54) is 12.8 Å². The van der Waals surface area contributed by atoms with Gasteiger partial charge < -0.3 is 10.1 Å². The third-order valence-electron chi connectivity index (χ3n) is 6.21. The lowest BCUT2D eigenvalue weighted by molar-refractivity contribution is -0.153. The van der Waals surface area contributed by atoms with E-state index in [-0.39, 0.29) is 17.8 Å². The number of fused-ring (bicyclic) bond motifs is 3. The van der Waals surface area contributed by atoms with Crippen molar-refractivity contribution in [1.29, 1.82) is 0 Å². The van der Waals surface area contributed by atoms with Gasteiger partial charge in [0.15, 0.2) is 0 Å². The first-order valence-corrected chi connectivity index (χ1v) is 9.17. The molecule has 3 aliphatic carbocycles. The van der Waals surface area contributed by atoms with Crippen molar-refractivity contribution in [3.05, 3.63) is 35.4 Å². The van der Waals surface area contributed by atoms with E-state index in [1.807, 2.05) is 31.2 Å². The highest BCUT2D eigenvalue weighted by atomic mass is 16.5. The third-order valence-corrected chi connectivity index (χ3v) is 6.21. The number of amides is 1. The van der Waals surface area contributed by atoms with Crippen molar-refractivity contribution in [2.45, 2.75) is 51.0 Å². The van der Waals surface area contributed by atoms with Gasteiger partial charge >= 0.3 is 5.97 Å². The van der Waals surface area contributed by atoms with Gasteiger partial charge in [0.2, 0.25) is 5.91 Å². The first kappa shape index (κ1) is 15.7. The third kappa shape index (κ3) is 2.52. The summed E-state index contributed by atoms with van der Waals surface area (Å²) in [6.45, 7) is 2.15. The molecule has 0 radical (unpaired) electrons. The summed E-state index contributed by atoms with van der Waals surface area (Å²) in [6, 6.07) is 8.05. The van der Waals surface area contributed by atoms with Crippen LogP contribution in [0.1, 0.15) is 43.7 Å². The molecule has 0 heterocycles. The Hall–Kier alpha value is -1.84. The highest BCUT2D eigenvalue weighted by Crippen LogP contribution is 2.48. The maximum absolute atomic E-state index is 12.9. The van der Waals surface area contributed by atoms with Crippen LogP contribution in [0.15, 0.2) is 24.3 Å². The Morgan fingerprint density at radius 2 is 1.88 bits per heavy atom. The van der Waals surface area contributed by atoms with Crippen LogP contribution in [0.25, 0.3) is 0 Å². The van der Waals surface area contributed by atoms with E-state index in [1.54, 1.807) is 0 Å². The summed E-state index contributed by atoms with van der Waals surface area (Å²) in [7, 11) is 0. The molecule has 4 heteroatoms. The summed E-state index contributed by atoms with van der Waals surface area (Å²) in [6.07, 6.45) is 5.68. The summed E-state index contributed by atoms with van der Waals surface area (Å²) in [5, 5.41) is 3.14. The number of carbonyl (C=O) groups excluding carboxylic acids is 2. The van der Waals surface area contributed by atoms with Crippen LogP contribution in [0.5, 0.6) is 0 Å². The van der Waals surface area contributed by atoms with Crippen molar-refractivity contribution >= 4 is 11.9 Å². The first-order valence-electron chi connectivity index (χ1n) is 9.17. The molecule has 2 saturated carbocycles. The molecular formula is C20H25NO3. The van der Waals surface area contributed by atoms with Crippen LogP contribution in [0.2, 0.25) is 0 Å². The number of hydrogen-bond donors (Lipinski definition) is 1. The van der Waals surface area contributed by atoms with E-state index in [2.05, 4.69) is 5.32 Å². The maximum atomic E-state index is 12.9. The van der Waals surface area contributed by atoms with Crippen molar-refractivity contribution in [3.8, 4) is 0 Å². The largest absolute Gasteiger partial charge is 0.464 e. The molecule has 0 saturated heterocycles. The molecule has 0 aromatic heterocycles. The SMILES string of the molecule is CCOC(=O)C1(NC(=O)C2CC3CCC2C3)Cc2ccccc2C1. The van der Waals surface area contributed by atoms with E-state index >= 15 is 0 Å². The van der Waals surface area contributed by atoms with Crippen LogP contribution in [-0.4, -0.2) is 24.0 Å². The molecule has 2 fully saturated rings. The van der Waals surface area contributed by atoms with E-state index < -0.39 is 5.54 Å². The predicted octanol–water partition coefficient (Wildman–Crippen LogP) is 2.64. The van der Waals surface area contributed by atoms with Crippen molar-refractivity contribution in [2.24, 2.45) is 17.8 Å². The molecule has 4 nitrogen and oxygen atoms in total. The zero-order valence-electron chi connectivity index (χ0n) is 14.2. The van der Waals surface area contributed by atoms with Gasteiger partial charge in [-0.05, 0) is 49.1 Å². The van der Waals surface area contributed by atoms with E-state index in [0.717, 1.165) is 24.0 Å². The quantitative estimate of drug-likeness (QED) is 0.865. The lowest BCUT2D eigenvalue weighted by atomic mass is 9.86. The molecule has 1 aromatic rings. The molecule has 1 aromatic carbocycles.